The molecule has 3 heteroatoms. The van der Waals surface area contributed by atoms with E-state index in [1.807, 2.05) is 6.92 Å². The molecule has 0 aliphatic carbocycles. The van der Waals surface area contributed by atoms with E-state index in [1.165, 1.54) is 0 Å². The zero-order valence-corrected chi connectivity index (χ0v) is 5.50. The van der Waals surface area contributed by atoms with Crippen molar-refractivity contribution in [1.82, 2.24) is 4.98 Å². The topological polar surface area (TPSA) is 41.8 Å². The highest BCUT2D eigenvalue weighted by Gasteiger charge is 1.93. The minimum atomic E-state index is 0.773. The number of nitrogen functional groups attached to an aromatic ring is 1. The van der Waals surface area contributed by atoms with Gasteiger partial charge in [-0.25, -0.2) is 0 Å². The van der Waals surface area contributed by atoms with Crippen LogP contribution in [-0.2, 0) is 0 Å². The third-order valence-corrected chi connectivity index (χ3v) is 1.28. The normalized spacial score (nSPS) is 9.75. The molecule has 0 atom stereocenters. The van der Waals surface area contributed by atoms with Crippen LogP contribution in [0.3, 0.4) is 0 Å². The second-order valence-electron chi connectivity index (χ2n) is 1.73. The van der Waals surface area contributed by atoms with Crippen LogP contribution >= 0.6 is 12.6 Å². The highest BCUT2D eigenvalue weighted by Crippen LogP contribution is 2.13. The Hall–Kier alpha value is -0.570. The molecule has 2 nitrogen and oxygen atoms in total. The lowest BCUT2D eigenvalue weighted by molar-refractivity contribution is 1.14. The number of nitrogens with one attached hydrogen (secondary N) is 1. The first-order valence-electron chi connectivity index (χ1n) is 2.34. The Morgan fingerprint density at radius 3 is 2.50 bits per heavy atom. The molecular weight excluding hydrogens is 120 g/mol. The Bertz CT molecular complexity index is 173. The molecule has 1 rings (SSSR count). The zero-order chi connectivity index (χ0) is 6.15. The molecule has 0 aromatic carbocycles. The van der Waals surface area contributed by atoms with E-state index in [0.29, 0.717) is 0 Å². The molecule has 0 aliphatic heterocycles. The van der Waals surface area contributed by atoms with Crippen LogP contribution < -0.4 is 5.73 Å². The van der Waals surface area contributed by atoms with E-state index in [-0.39, 0.29) is 0 Å². The molecule has 0 saturated carbocycles. The predicted molar refractivity (Wildman–Crippen MR) is 37.2 cm³/mol. The fourth-order valence-corrected chi connectivity index (χ4v) is 0.863. The van der Waals surface area contributed by atoms with Gasteiger partial charge in [-0.1, -0.05) is 0 Å². The summed E-state index contributed by atoms with van der Waals surface area (Å²) in [6, 6.07) is 1.79. The molecule has 0 amide bonds. The quantitative estimate of drug-likeness (QED) is 0.451. The lowest BCUT2D eigenvalue weighted by atomic mass is 10.4. The minimum absolute atomic E-state index is 0.773. The molecule has 1 heterocycles. The molecule has 44 valence electrons. The largest absolute Gasteiger partial charge is 0.397 e. The predicted octanol–water partition coefficient (Wildman–Crippen LogP) is 1.19. The lowest BCUT2D eigenvalue weighted by Gasteiger charge is -1.82. The van der Waals surface area contributed by atoms with Crippen LogP contribution in [0.2, 0.25) is 0 Å². The van der Waals surface area contributed by atoms with Gasteiger partial charge in [-0.15, -0.1) is 12.6 Å². The van der Waals surface area contributed by atoms with Crippen molar-refractivity contribution in [1.29, 1.82) is 0 Å². The van der Waals surface area contributed by atoms with E-state index in [2.05, 4.69) is 17.6 Å². The average molecular weight is 128 g/mol. The van der Waals surface area contributed by atoms with Gasteiger partial charge in [-0.05, 0) is 13.0 Å². The molecule has 1 aromatic heterocycles. The summed E-state index contributed by atoms with van der Waals surface area (Å²) in [7, 11) is 0. The highest BCUT2D eigenvalue weighted by molar-refractivity contribution is 7.80. The number of hydrogen-bond acceptors (Lipinski definition) is 2. The van der Waals surface area contributed by atoms with Gasteiger partial charge in [-0.2, -0.15) is 0 Å². The maximum Gasteiger partial charge on any atom is 0.0713 e. The summed E-state index contributed by atoms with van der Waals surface area (Å²) in [6.07, 6.45) is 0. The third-order valence-electron chi connectivity index (χ3n) is 1.04. The Morgan fingerprint density at radius 1 is 1.75 bits per heavy atom. The smallest absolute Gasteiger partial charge is 0.0713 e. The monoisotopic (exact) mass is 128 g/mol. The second kappa shape index (κ2) is 1.74. The Kier molecular flexibility index (Phi) is 1.21. The number of rotatable bonds is 0. The number of H-pyrrole nitrogens is 1. The van der Waals surface area contributed by atoms with Crippen LogP contribution in [0.1, 0.15) is 5.69 Å². The fourth-order valence-electron chi connectivity index (χ4n) is 0.556. The van der Waals surface area contributed by atoms with Crippen LogP contribution in [0, 0.1) is 6.92 Å². The first kappa shape index (κ1) is 5.56. The van der Waals surface area contributed by atoms with Gasteiger partial charge < -0.3 is 10.7 Å². The number of thiol groups is 1. The summed E-state index contributed by atoms with van der Waals surface area (Å²) in [5.74, 6) is 0. The highest BCUT2D eigenvalue weighted by atomic mass is 32.1. The number of nitrogens with two attached hydrogens (primary N) is 1. The van der Waals surface area contributed by atoms with Crippen LogP contribution in [0.15, 0.2) is 11.1 Å². The van der Waals surface area contributed by atoms with Crippen molar-refractivity contribution in [2.75, 3.05) is 5.73 Å². The summed E-state index contributed by atoms with van der Waals surface area (Å²) in [5.41, 5.74) is 7.22. The van der Waals surface area contributed by atoms with Gasteiger partial charge in [0.25, 0.3) is 0 Å². The molecule has 0 radical (unpaired) electrons. The van der Waals surface area contributed by atoms with E-state index in [4.69, 9.17) is 5.73 Å². The average Bonchev–Trinajstić information content (AvgIpc) is 1.85. The van der Waals surface area contributed by atoms with Crippen LogP contribution in [0.25, 0.3) is 0 Å². The lowest BCUT2D eigenvalue weighted by Crippen LogP contribution is -1.82. The van der Waals surface area contributed by atoms with Crippen molar-refractivity contribution in [3.05, 3.63) is 11.8 Å². The second-order valence-corrected chi connectivity index (χ2v) is 2.22. The summed E-state index contributed by atoms with van der Waals surface area (Å²) in [6.45, 7) is 1.91. The summed E-state index contributed by atoms with van der Waals surface area (Å²) < 4.78 is 0. The van der Waals surface area contributed by atoms with Crippen molar-refractivity contribution in [3.8, 4) is 0 Å². The van der Waals surface area contributed by atoms with Crippen LogP contribution in [-0.4, -0.2) is 4.98 Å². The molecule has 8 heavy (non-hydrogen) atoms. The molecule has 0 bridgehead atoms. The minimum Gasteiger partial charge on any atom is -0.397 e. The van der Waals surface area contributed by atoms with Gasteiger partial charge in [0, 0.05) is 5.69 Å². The fraction of sp³-hybridized carbons (Fsp3) is 0.200. The van der Waals surface area contributed by atoms with Gasteiger partial charge in [-0.3, -0.25) is 0 Å². The van der Waals surface area contributed by atoms with Gasteiger partial charge in [0.2, 0.25) is 0 Å². The molecule has 0 saturated heterocycles. The Balaban J connectivity index is 3.14. The molecule has 0 fully saturated rings. The number of hydrogen-bond donors (Lipinski definition) is 3. The van der Waals surface area contributed by atoms with Crippen molar-refractivity contribution in [3.63, 3.8) is 0 Å². The SMILES string of the molecule is Cc1[nH]c(S)cc1N. The van der Waals surface area contributed by atoms with Gasteiger partial charge in [0.05, 0.1) is 10.7 Å². The van der Waals surface area contributed by atoms with Crippen LogP contribution in [0.5, 0.6) is 0 Å². The first-order valence-corrected chi connectivity index (χ1v) is 2.79. The van der Waals surface area contributed by atoms with E-state index in [0.717, 1.165) is 16.4 Å². The summed E-state index contributed by atoms with van der Waals surface area (Å²) >= 11 is 4.04. The maximum absolute atomic E-state index is 5.46. The van der Waals surface area contributed by atoms with Gasteiger partial charge >= 0.3 is 0 Å². The molecular formula is C5H8N2S. The summed E-state index contributed by atoms with van der Waals surface area (Å²) in [5, 5.41) is 0.819. The maximum atomic E-state index is 5.46. The van der Waals surface area contributed by atoms with Crippen molar-refractivity contribution < 1.29 is 0 Å². The van der Waals surface area contributed by atoms with E-state index < -0.39 is 0 Å². The number of aromatic nitrogens is 1. The Labute approximate surface area is 53.5 Å². The van der Waals surface area contributed by atoms with E-state index in [9.17, 15) is 0 Å². The van der Waals surface area contributed by atoms with E-state index in [1.54, 1.807) is 6.07 Å². The van der Waals surface area contributed by atoms with Crippen LogP contribution in [0.4, 0.5) is 5.69 Å². The molecule has 0 spiro atoms. The standard InChI is InChI=1S/C5H8N2S/c1-3-4(6)2-5(8)7-3/h2,7-8H,6H2,1H3. The van der Waals surface area contributed by atoms with Crippen molar-refractivity contribution in [2.24, 2.45) is 0 Å². The third kappa shape index (κ3) is 0.816. The van der Waals surface area contributed by atoms with Gasteiger partial charge in [0.15, 0.2) is 0 Å². The number of aryl methyl sites for hydroxylation is 1. The van der Waals surface area contributed by atoms with Crippen molar-refractivity contribution >= 4 is 18.3 Å². The number of aromatic amines is 1. The summed E-state index contributed by atoms with van der Waals surface area (Å²) in [4.78, 5) is 2.95. The molecule has 0 unspecified atom stereocenters. The molecule has 1 aromatic rings. The molecule has 3 N–H and O–H groups in total. The Morgan fingerprint density at radius 2 is 2.38 bits per heavy atom. The zero-order valence-electron chi connectivity index (χ0n) is 4.60. The van der Waals surface area contributed by atoms with Gasteiger partial charge in [0.1, 0.15) is 0 Å². The number of anilines is 1. The van der Waals surface area contributed by atoms with Crippen molar-refractivity contribution in [2.45, 2.75) is 11.9 Å². The van der Waals surface area contributed by atoms with E-state index >= 15 is 0 Å². The molecule has 0 aliphatic rings. The first-order chi connectivity index (χ1) is 3.70.